The van der Waals surface area contributed by atoms with Crippen molar-refractivity contribution in [1.29, 1.82) is 0 Å². The monoisotopic (exact) mass is 688 g/mol. The van der Waals surface area contributed by atoms with Crippen molar-refractivity contribution in [2.24, 2.45) is 11.8 Å². The second kappa shape index (κ2) is 12.3. The van der Waals surface area contributed by atoms with Crippen LogP contribution < -0.4 is 10.2 Å². The number of anilines is 4. The van der Waals surface area contributed by atoms with Crippen LogP contribution in [0.3, 0.4) is 0 Å². The van der Waals surface area contributed by atoms with Gasteiger partial charge in [0.2, 0.25) is 0 Å². The fourth-order valence-corrected chi connectivity index (χ4v) is 9.56. The van der Waals surface area contributed by atoms with Gasteiger partial charge in [0, 0.05) is 66.9 Å². The molecule has 0 spiro atoms. The topological polar surface area (TPSA) is 41.6 Å². The average Bonchev–Trinajstić information content (AvgIpc) is 3.98. The maximum atomic E-state index is 7.13. The first kappa shape index (κ1) is 30.6. The molecule has 0 aliphatic heterocycles. The van der Waals surface area contributed by atoms with E-state index < -0.39 is 0 Å². The lowest BCUT2D eigenvalue weighted by atomic mass is 9.80. The number of nitrogens with one attached hydrogen (secondary N) is 1. The van der Waals surface area contributed by atoms with E-state index in [9.17, 15) is 0 Å². The molecule has 258 valence electrons. The number of nitrogens with zero attached hydrogens (tertiary/aromatic N) is 1. The first-order valence-corrected chi connectivity index (χ1v) is 19.3. The third-order valence-electron chi connectivity index (χ3n) is 12.0. The van der Waals surface area contributed by atoms with E-state index in [4.69, 9.17) is 8.83 Å². The molecular formula is C49H40N2O2. The molecule has 0 amide bonds. The smallest absolute Gasteiger partial charge is 0.159 e. The van der Waals surface area contributed by atoms with Crippen LogP contribution in [0.15, 0.2) is 148 Å². The van der Waals surface area contributed by atoms with E-state index in [-0.39, 0.29) is 5.92 Å². The van der Waals surface area contributed by atoms with Gasteiger partial charge in [-0.2, -0.15) is 0 Å². The molecule has 1 atom stereocenters. The molecule has 53 heavy (non-hydrogen) atoms. The van der Waals surface area contributed by atoms with Gasteiger partial charge in [-0.15, -0.1) is 0 Å². The summed E-state index contributed by atoms with van der Waals surface area (Å²) in [4.78, 5) is 2.47. The van der Waals surface area contributed by atoms with Gasteiger partial charge in [0.05, 0.1) is 5.69 Å². The molecule has 7 aromatic rings. The van der Waals surface area contributed by atoms with Crippen molar-refractivity contribution in [3.05, 3.63) is 162 Å². The average molecular weight is 689 g/mol. The van der Waals surface area contributed by atoms with Crippen LogP contribution in [0.25, 0.3) is 49.9 Å². The van der Waals surface area contributed by atoms with Crippen LogP contribution in [0.2, 0.25) is 0 Å². The number of rotatable bonds is 6. The number of aryl methyl sites for hydroxylation is 1. The maximum Gasteiger partial charge on any atom is 0.159 e. The normalized spacial score (nSPS) is 18.0. The molecule has 2 aromatic heterocycles. The fraction of sp³-hybridized carbons (Fsp3) is 0.184. The highest BCUT2D eigenvalue weighted by Crippen LogP contribution is 2.52. The molecule has 4 nitrogen and oxygen atoms in total. The van der Waals surface area contributed by atoms with Gasteiger partial charge in [0.15, 0.2) is 5.58 Å². The molecule has 4 heteroatoms. The zero-order valence-corrected chi connectivity index (χ0v) is 29.6. The van der Waals surface area contributed by atoms with Crippen LogP contribution >= 0.6 is 0 Å². The fourth-order valence-electron chi connectivity index (χ4n) is 9.56. The van der Waals surface area contributed by atoms with Gasteiger partial charge in [-0.3, -0.25) is 0 Å². The van der Waals surface area contributed by atoms with Crippen molar-refractivity contribution in [3.63, 3.8) is 0 Å². The van der Waals surface area contributed by atoms with E-state index in [2.05, 4.69) is 150 Å². The zero-order chi connectivity index (χ0) is 34.9. The molecule has 0 bridgehead atoms. The predicted octanol–water partition coefficient (Wildman–Crippen LogP) is 13.7. The van der Waals surface area contributed by atoms with Gasteiger partial charge < -0.3 is 19.1 Å². The molecule has 0 saturated heterocycles. The van der Waals surface area contributed by atoms with E-state index in [1.165, 1.54) is 53.5 Å². The molecule has 1 fully saturated rings. The first-order valence-electron chi connectivity index (χ1n) is 19.3. The first-order chi connectivity index (χ1) is 26.3. The zero-order valence-electron chi connectivity index (χ0n) is 29.6. The molecule has 11 rings (SSSR count). The molecule has 1 N–H and O–H groups in total. The summed E-state index contributed by atoms with van der Waals surface area (Å²) >= 11 is 0. The van der Waals surface area contributed by atoms with Crippen molar-refractivity contribution in [1.82, 2.24) is 0 Å². The van der Waals surface area contributed by atoms with Gasteiger partial charge in [-0.05, 0) is 86.1 Å². The van der Waals surface area contributed by atoms with Crippen molar-refractivity contribution in [2.75, 3.05) is 10.2 Å². The quantitative estimate of drug-likeness (QED) is 0.189. The summed E-state index contributed by atoms with van der Waals surface area (Å²) in [6, 6.07) is 38.9. The molecule has 2 heterocycles. The summed E-state index contributed by atoms with van der Waals surface area (Å²) in [5.41, 5.74) is 12.6. The predicted molar refractivity (Wildman–Crippen MR) is 220 cm³/mol. The van der Waals surface area contributed by atoms with Gasteiger partial charge in [0.1, 0.15) is 17.1 Å². The molecule has 0 radical (unpaired) electrons. The Labute approximate surface area is 309 Å². The number of para-hydroxylation sites is 3. The van der Waals surface area contributed by atoms with Crippen LogP contribution in [-0.2, 0) is 6.42 Å². The van der Waals surface area contributed by atoms with Crippen LogP contribution in [0.5, 0.6) is 0 Å². The van der Waals surface area contributed by atoms with Crippen molar-refractivity contribution in [3.8, 4) is 0 Å². The summed E-state index contributed by atoms with van der Waals surface area (Å²) in [6.45, 7) is 0. The van der Waals surface area contributed by atoms with Crippen molar-refractivity contribution < 1.29 is 8.83 Å². The molecule has 1 saturated carbocycles. The van der Waals surface area contributed by atoms with Crippen LogP contribution in [0.4, 0.5) is 22.7 Å². The van der Waals surface area contributed by atoms with Gasteiger partial charge in [-0.25, -0.2) is 0 Å². The maximum absolute atomic E-state index is 7.13. The van der Waals surface area contributed by atoms with E-state index in [0.29, 0.717) is 5.92 Å². The lowest BCUT2D eigenvalue weighted by Crippen LogP contribution is -2.26. The Bertz CT molecular complexity index is 2680. The highest BCUT2D eigenvalue weighted by Gasteiger charge is 2.37. The summed E-state index contributed by atoms with van der Waals surface area (Å²) < 4.78 is 14.1. The van der Waals surface area contributed by atoms with E-state index in [0.717, 1.165) is 86.4 Å². The Morgan fingerprint density at radius 2 is 1.43 bits per heavy atom. The second-order valence-electron chi connectivity index (χ2n) is 15.0. The molecule has 4 aliphatic rings. The number of hydrogen-bond donors (Lipinski definition) is 1. The summed E-state index contributed by atoms with van der Waals surface area (Å²) in [6.07, 6.45) is 19.8. The van der Waals surface area contributed by atoms with Gasteiger partial charge in [-0.1, -0.05) is 110 Å². The largest absolute Gasteiger partial charge is 0.455 e. The Kier molecular flexibility index (Phi) is 7.11. The molecule has 1 unspecified atom stereocenters. The highest BCUT2D eigenvalue weighted by atomic mass is 16.3. The number of furan rings is 2. The number of hydrogen-bond acceptors (Lipinski definition) is 4. The molecule has 5 aromatic carbocycles. The Morgan fingerprint density at radius 3 is 2.28 bits per heavy atom. The second-order valence-corrected chi connectivity index (χ2v) is 15.0. The number of benzene rings is 5. The Morgan fingerprint density at radius 1 is 0.679 bits per heavy atom. The molecule has 4 aliphatic carbocycles. The van der Waals surface area contributed by atoms with Crippen LogP contribution in [0.1, 0.15) is 61.2 Å². The third-order valence-corrected chi connectivity index (χ3v) is 12.0. The summed E-state index contributed by atoms with van der Waals surface area (Å²) in [7, 11) is 0. The van der Waals surface area contributed by atoms with Gasteiger partial charge in [0.25, 0.3) is 0 Å². The van der Waals surface area contributed by atoms with E-state index in [1.807, 2.05) is 0 Å². The summed E-state index contributed by atoms with van der Waals surface area (Å²) in [5.74, 6) is 2.81. The minimum Gasteiger partial charge on any atom is -0.455 e. The van der Waals surface area contributed by atoms with Gasteiger partial charge >= 0.3 is 0 Å². The third kappa shape index (κ3) is 4.89. The SMILES string of the molecule is C1=CCC2C(=C1)c1oc3c(cc(Nc4ccccc4)c4ccccc43)c1C=C2N(c1ccccc1)c1cccc2c3c(oc12)C(C1CCCC1)=CCC3. The van der Waals surface area contributed by atoms with Crippen molar-refractivity contribution in [2.45, 2.75) is 44.9 Å². The minimum absolute atomic E-state index is 0.107. The highest BCUT2D eigenvalue weighted by molar-refractivity contribution is 6.15. The lowest BCUT2D eigenvalue weighted by Gasteiger charge is -2.36. The van der Waals surface area contributed by atoms with Crippen LogP contribution in [0, 0.1) is 11.8 Å². The number of fused-ring (bicyclic) bond motifs is 10. The lowest BCUT2D eigenvalue weighted by molar-refractivity contribution is 0.566. The van der Waals surface area contributed by atoms with E-state index >= 15 is 0 Å². The van der Waals surface area contributed by atoms with Crippen LogP contribution in [-0.4, -0.2) is 0 Å². The molecular weight excluding hydrogens is 649 g/mol. The standard InChI is InChI=1S/C49H40N2O2/c1-3-17-32(18-4-1)50-43-29-41-42-30-45(36-22-10-12-24-38(36)48(42)52-47(41)37-23-11-9-21-35(37)43)51(33-19-5-2-6-20-33)44-28-14-27-40-39-26-13-25-34(31-15-7-8-16-31)46(39)53-49(40)44/h1-6,9-12,14,17-21,23-25,27-31,36,50H,7-8,13,15-16,22,26H2. The minimum atomic E-state index is 0.107. The Balaban J connectivity index is 1.15. The van der Waals surface area contributed by atoms with E-state index in [1.54, 1.807) is 0 Å². The number of allylic oxidation sites excluding steroid dienone is 6. The Hall–Kier alpha value is -6.00. The van der Waals surface area contributed by atoms with Crippen molar-refractivity contribution >= 4 is 72.7 Å². The summed E-state index contributed by atoms with van der Waals surface area (Å²) in [5, 5.41) is 8.32.